The second kappa shape index (κ2) is 12.8. The molecule has 0 spiro atoms. The van der Waals surface area contributed by atoms with E-state index in [9.17, 15) is 4.79 Å². The van der Waals surface area contributed by atoms with E-state index in [0.717, 1.165) is 17.4 Å². The van der Waals surface area contributed by atoms with Gasteiger partial charge in [-0.3, -0.25) is 4.79 Å². The molecule has 0 saturated carbocycles. The highest BCUT2D eigenvalue weighted by Gasteiger charge is 2.21. The van der Waals surface area contributed by atoms with Crippen molar-refractivity contribution in [2.75, 3.05) is 0 Å². The Balaban J connectivity index is 0.000000439. The Hall–Kier alpha value is -2.52. The monoisotopic (exact) mass is 410 g/mol. The maximum absolute atomic E-state index is 10.0. The van der Waals surface area contributed by atoms with Crippen LogP contribution in [0.5, 0.6) is 0 Å². The summed E-state index contributed by atoms with van der Waals surface area (Å²) < 4.78 is 5.75. The predicted octanol–water partition coefficient (Wildman–Crippen LogP) is 5.99. The van der Waals surface area contributed by atoms with Gasteiger partial charge in [0.15, 0.2) is 22.5 Å². The first-order valence-corrected chi connectivity index (χ1v) is 16.0. The van der Waals surface area contributed by atoms with Gasteiger partial charge >= 0.3 is 0 Å². The second-order valence-corrected chi connectivity index (χ2v) is 17.2. The number of rotatable bonds is 4. The van der Waals surface area contributed by atoms with Crippen LogP contribution in [0.1, 0.15) is 22.0 Å². The topological polar surface area (TPSA) is 73.9 Å². The molecule has 0 aromatic heterocycles. The van der Waals surface area contributed by atoms with Gasteiger partial charge in [-0.15, -0.1) is 0 Å². The van der Waals surface area contributed by atoms with Gasteiger partial charge in [-0.25, -0.2) is 5.26 Å². The number of nitriles is 2. The molecule has 2 aromatic rings. The molecule has 1 atom stereocenters. The van der Waals surface area contributed by atoms with Crippen LogP contribution in [0, 0.1) is 22.3 Å². The zero-order valence-electron chi connectivity index (χ0n) is 17.6. The molecule has 0 amide bonds. The lowest BCUT2D eigenvalue weighted by molar-refractivity contribution is 0.112. The SMILES string of the molecule is C[Si](C)(C)C#N.C[Si](C)(C)O[C@@H](C#N)c1ccccc1.O=Cc1ccccc1. The number of hydrogen-bond acceptors (Lipinski definition) is 4. The summed E-state index contributed by atoms with van der Waals surface area (Å²) in [6.07, 6.45) is 0.419. The lowest BCUT2D eigenvalue weighted by atomic mass is 10.1. The first kappa shape index (κ1) is 25.5. The van der Waals surface area contributed by atoms with Gasteiger partial charge in [0, 0.05) is 11.3 Å². The second-order valence-electron chi connectivity index (χ2n) is 8.04. The van der Waals surface area contributed by atoms with Crippen LogP contribution in [-0.2, 0) is 4.43 Å². The Bertz CT molecular complexity index is 769. The van der Waals surface area contributed by atoms with E-state index >= 15 is 0 Å². The van der Waals surface area contributed by atoms with Crippen LogP contribution in [0.4, 0.5) is 0 Å². The lowest BCUT2D eigenvalue weighted by Gasteiger charge is -2.21. The van der Waals surface area contributed by atoms with Crippen LogP contribution in [0.15, 0.2) is 60.7 Å². The van der Waals surface area contributed by atoms with Gasteiger partial charge in [0.2, 0.25) is 0 Å². The lowest BCUT2D eigenvalue weighted by Crippen LogP contribution is -2.27. The van der Waals surface area contributed by atoms with Crippen molar-refractivity contribution in [3.63, 3.8) is 0 Å². The Kier molecular flexibility index (Phi) is 11.6. The molecule has 0 radical (unpaired) electrons. The Labute approximate surface area is 171 Å². The molecule has 148 valence electrons. The minimum absolute atomic E-state index is 0.414. The average molecular weight is 411 g/mol. The fraction of sp³-hybridized carbons (Fsp3) is 0.318. The van der Waals surface area contributed by atoms with E-state index in [1.165, 1.54) is 0 Å². The fourth-order valence-electron chi connectivity index (χ4n) is 1.68. The summed E-state index contributed by atoms with van der Waals surface area (Å²) in [5.41, 5.74) is 3.91. The first-order valence-electron chi connectivity index (χ1n) is 9.06. The summed E-state index contributed by atoms with van der Waals surface area (Å²) in [7, 11) is -2.97. The summed E-state index contributed by atoms with van der Waals surface area (Å²) in [5.74, 6) is 0. The molecule has 4 nitrogen and oxygen atoms in total. The summed E-state index contributed by atoms with van der Waals surface area (Å²) in [4.78, 5) is 10.0. The zero-order valence-corrected chi connectivity index (χ0v) is 19.6. The van der Waals surface area contributed by atoms with E-state index in [1.54, 1.807) is 12.1 Å². The van der Waals surface area contributed by atoms with Crippen LogP contribution in [0.3, 0.4) is 0 Å². The van der Waals surface area contributed by atoms with Crippen molar-refractivity contribution >= 4 is 22.7 Å². The Morgan fingerprint density at radius 2 is 1.29 bits per heavy atom. The van der Waals surface area contributed by atoms with E-state index < -0.39 is 22.5 Å². The fourth-order valence-corrected chi connectivity index (χ4v) is 2.58. The normalized spacial score (nSPS) is 11.3. The Morgan fingerprint density at radius 3 is 1.57 bits per heavy atom. The standard InChI is InChI=1S/C11H15NOSi.C7H6O.C4H9NSi/c1-14(2,3)13-11(9-12)10-7-5-4-6-8-10;8-6-7-4-2-1-3-5-7;1-6(2,3)4-5/h4-8,11H,1-3H3;1-6H;1-3H3/t11-;;/m0../s1. The molecule has 2 rings (SSSR count). The van der Waals surface area contributed by atoms with Crippen molar-refractivity contribution in [1.29, 1.82) is 10.5 Å². The van der Waals surface area contributed by atoms with Crippen molar-refractivity contribution < 1.29 is 9.22 Å². The molecule has 0 aliphatic rings. The maximum Gasteiger partial charge on any atom is 0.186 e. The van der Waals surface area contributed by atoms with Gasteiger partial charge in [0.25, 0.3) is 0 Å². The third kappa shape index (κ3) is 13.7. The van der Waals surface area contributed by atoms with Gasteiger partial charge in [-0.1, -0.05) is 80.3 Å². The van der Waals surface area contributed by atoms with Crippen LogP contribution in [-0.4, -0.2) is 22.7 Å². The predicted molar refractivity (Wildman–Crippen MR) is 120 cm³/mol. The maximum atomic E-state index is 10.0. The molecule has 2 aromatic carbocycles. The van der Waals surface area contributed by atoms with Crippen molar-refractivity contribution in [1.82, 2.24) is 0 Å². The molecule has 28 heavy (non-hydrogen) atoms. The number of carbonyl (C=O) groups excluding carboxylic acids is 1. The summed E-state index contributed by atoms with van der Waals surface area (Å²) in [6.45, 7) is 12.3. The minimum atomic E-state index is -1.65. The highest BCUT2D eigenvalue weighted by Crippen LogP contribution is 2.20. The van der Waals surface area contributed by atoms with E-state index in [1.807, 2.05) is 68.2 Å². The quantitative estimate of drug-likeness (QED) is 0.458. The molecular formula is C22H30N2O2Si2. The highest BCUT2D eigenvalue weighted by molar-refractivity contribution is 6.83. The van der Waals surface area contributed by atoms with Crippen LogP contribution in [0.25, 0.3) is 0 Å². The molecule has 0 saturated heterocycles. The number of hydrogen-bond donors (Lipinski definition) is 0. The molecule has 0 N–H and O–H groups in total. The van der Waals surface area contributed by atoms with Gasteiger partial charge in [-0.2, -0.15) is 5.26 Å². The molecule has 0 fully saturated rings. The molecule has 0 aliphatic carbocycles. The number of benzene rings is 2. The highest BCUT2D eigenvalue weighted by atomic mass is 28.4. The van der Waals surface area contributed by atoms with E-state index in [4.69, 9.17) is 14.9 Å². The van der Waals surface area contributed by atoms with Gasteiger partial charge in [0.1, 0.15) is 6.29 Å². The van der Waals surface area contributed by atoms with Gasteiger partial charge < -0.3 is 4.43 Å². The first-order chi connectivity index (χ1) is 13.0. The molecule has 0 bridgehead atoms. The van der Waals surface area contributed by atoms with Crippen LogP contribution in [0.2, 0.25) is 39.3 Å². The third-order valence-electron chi connectivity index (χ3n) is 2.96. The molecular weight excluding hydrogens is 380 g/mol. The molecule has 6 heteroatoms. The average Bonchev–Trinajstić information content (AvgIpc) is 2.67. The summed E-state index contributed by atoms with van der Waals surface area (Å²) in [6, 6.07) is 20.9. The van der Waals surface area contributed by atoms with Gasteiger partial charge in [-0.05, 0) is 25.2 Å². The van der Waals surface area contributed by atoms with E-state index in [0.29, 0.717) is 0 Å². The zero-order chi connectivity index (χ0) is 21.6. The molecule has 0 aliphatic heterocycles. The molecule has 0 unspecified atom stereocenters. The van der Waals surface area contributed by atoms with Crippen molar-refractivity contribution in [3.8, 4) is 11.8 Å². The van der Waals surface area contributed by atoms with Crippen molar-refractivity contribution in [3.05, 3.63) is 71.8 Å². The minimum Gasteiger partial charge on any atom is -0.399 e. The Morgan fingerprint density at radius 1 is 0.857 bits per heavy atom. The molecule has 0 heterocycles. The van der Waals surface area contributed by atoms with Crippen molar-refractivity contribution in [2.45, 2.75) is 45.4 Å². The summed E-state index contributed by atoms with van der Waals surface area (Å²) in [5, 5.41) is 17.2. The van der Waals surface area contributed by atoms with Crippen LogP contribution < -0.4 is 0 Å². The van der Waals surface area contributed by atoms with E-state index in [-0.39, 0.29) is 0 Å². The number of carbonyl (C=O) groups is 1. The third-order valence-corrected chi connectivity index (χ3v) is 4.58. The van der Waals surface area contributed by atoms with Crippen molar-refractivity contribution in [2.24, 2.45) is 0 Å². The van der Waals surface area contributed by atoms with Gasteiger partial charge in [0.05, 0.1) is 6.07 Å². The number of nitrogens with zero attached hydrogens (tertiary/aromatic N) is 2. The smallest absolute Gasteiger partial charge is 0.186 e. The summed E-state index contributed by atoms with van der Waals surface area (Å²) >= 11 is 0. The largest absolute Gasteiger partial charge is 0.399 e. The number of aldehydes is 1. The van der Waals surface area contributed by atoms with Crippen LogP contribution >= 0.6 is 0 Å². The van der Waals surface area contributed by atoms with E-state index in [2.05, 4.69) is 31.4 Å².